The molecule has 158 valence electrons. The van der Waals surface area contributed by atoms with Gasteiger partial charge in [-0.15, -0.1) is 0 Å². The third kappa shape index (κ3) is 4.81. The number of nitriles is 1. The van der Waals surface area contributed by atoms with Crippen molar-refractivity contribution in [2.75, 3.05) is 19.8 Å². The van der Waals surface area contributed by atoms with Crippen LogP contribution in [0.3, 0.4) is 0 Å². The lowest BCUT2D eigenvalue weighted by Gasteiger charge is -2.31. The number of rotatable bonds is 7. The maximum atomic E-state index is 13.3. The van der Waals surface area contributed by atoms with Crippen LogP contribution in [0.5, 0.6) is 5.75 Å². The number of halogens is 1. The van der Waals surface area contributed by atoms with Crippen molar-refractivity contribution in [2.24, 2.45) is 5.92 Å². The van der Waals surface area contributed by atoms with Crippen molar-refractivity contribution in [1.29, 1.82) is 5.26 Å². The van der Waals surface area contributed by atoms with Gasteiger partial charge in [0.1, 0.15) is 11.6 Å². The van der Waals surface area contributed by atoms with E-state index >= 15 is 0 Å². The Labute approximate surface area is 175 Å². The van der Waals surface area contributed by atoms with Gasteiger partial charge in [-0.2, -0.15) is 5.26 Å². The minimum absolute atomic E-state index is 0.0748. The molecule has 2 unspecified atom stereocenters. The zero-order chi connectivity index (χ0) is 21.1. The number of nitrogens with one attached hydrogen (secondary N) is 1. The zero-order valence-electron chi connectivity index (χ0n) is 16.4. The van der Waals surface area contributed by atoms with Crippen molar-refractivity contribution in [3.8, 4) is 22.9 Å². The second-order valence-corrected chi connectivity index (χ2v) is 9.72. The first-order chi connectivity index (χ1) is 14.5. The molecule has 0 bridgehead atoms. The predicted octanol–water partition coefficient (Wildman–Crippen LogP) is 3.23. The van der Waals surface area contributed by atoms with E-state index in [4.69, 9.17) is 9.47 Å². The average Bonchev–Trinajstić information content (AvgIpc) is 3.59. The van der Waals surface area contributed by atoms with Gasteiger partial charge in [-0.25, -0.2) is 17.5 Å². The summed E-state index contributed by atoms with van der Waals surface area (Å²) in [6.45, 7) is 1.30. The lowest BCUT2D eigenvalue weighted by molar-refractivity contribution is 0.0186. The molecule has 1 heterocycles. The molecule has 2 aromatic rings. The van der Waals surface area contributed by atoms with Gasteiger partial charge in [0.15, 0.2) is 0 Å². The highest BCUT2D eigenvalue weighted by Crippen LogP contribution is 2.30. The van der Waals surface area contributed by atoms with Crippen molar-refractivity contribution >= 4 is 10.0 Å². The first-order valence-electron chi connectivity index (χ1n) is 9.98. The van der Waals surface area contributed by atoms with E-state index in [1.54, 1.807) is 18.2 Å². The van der Waals surface area contributed by atoms with E-state index in [0.717, 1.165) is 18.4 Å². The third-order valence-corrected chi connectivity index (χ3v) is 7.46. The number of nitrogens with zero attached hydrogens (tertiary/aromatic N) is 1. The van der Waals surface area contributed by atoms with Crippen molar-refractivity contribution < 1.29 is 22.3 Å². The van der Waals surface area contributed by atoms with Crippen LogP contribution in [0.2, 0.25) is 0 Å². The van der Waals surface area contributed by atoms with Crippen LogP contribution >= 0.6 is 0 Å². The molecule has 0 radical (unpaired) electrons. The van der Waals surface area contributed by atoms with Crippen LogP contribution in [-0.2, 0) is 14.8 Å². The summed E-state index contributed by atoms with van der Waals surface area (Å²) in [4.78, 5) is 0. The second-order valence-electron chi connectivity index (χ2n) is 7.73. The first-order valence-corrected chi connectivity index (χ1v) is 11.5. The van der Waals surface area contributed by atoms with Gasteiger partial charge in [-0.05, 0) is 54.7 Å². The minimum Gasteiger partial charge on any atom is -0.493 e. The molecule has 4 rings (SSSR count). The van der Waals surface area contributed by atoms with E-state index in [2.05, 4.69) is 4.72 Å². The summed E-state index contributed by atoms with van der Waals surface area (Å²) in [7, 11) is -3.26. The summed E-state index contributed by atoms with van der Waals surface area (Å²) in [5.74, 6) is 0.111. The van der Waals surface area contributed by atoms with Crippen molar-refractivity contribution in [3.63, 3.8) is 0 Å². The van der Waals surface area contributed by atoms with Gasteiger partial charge in [-0.3, -0.25) is 0 Å². The molecule has 6 nitrogen and oxygen atoms in total. The highest BCUT2D eigenvalue weighted by Gasteiger charge is 2.39. The fourth-order valence-corrected chi connectivity index (χ4v) is 5.28. The minimum atomic E-state index is -3.26. The van der Waals surface area contributed by atoms with Crippen LogP contribution in [-0.4, -0.2) is 39.5 Å². The van der Waals surface area contributed by atoms with Crippen LogP contribution in [0.1, 0.15) is 24.8 Å². The van der Waals surface area contributed by atoms with Gasteiger partial charge in [0.05, 0.1) is 30.1 Å². The molecule has 2 atom stereocenters. The number of hydrogen-bond acceptors (Lipinski definition) is 5. The number of ether oxygens (including phenoxy) is 2. The van der Waals surface area contributed by atoms with Crippen molar-refractivity contribution in [2.45, 2.75) is 30.6 Å². The molecule has 30 heavy (non-hydrogen) atoms. The molecule has 0 amide bonds. The average molecular weight is 431 g/mol. The fraction of sp³-hybridized carbons (Fsp3) is 0.409. The number of benzene rings is 2. The van der Waals surface area contributed by atoms with Crippen LogP contribution in [0.15, 0.2) is 42.5 Å². The maximum absolute atomic E-state index is 13.3. The van der Waals surface area contributed by atoms with Crippen LogP contribution in [0.25, 0.3) is 11.1 Å². The van der Waals surface area contributed by atoms with Crippen LogP contribution < -0.4 is 9.46 Å². The predicted molar refractivity (Wildman–Crippen MR) is 110 cm³/mol. The molecule has 1 aliphatic carbocycles. The van der Waals surface area contributed by atoms with E-state index < -0.39 is 15.8 Å². The Morgan fingerprint density at radius 2 is 1.93 bits per heavy atom. The lowest BCUT2D eigenvalue weighted by atomic mass is 9.97. The van der Waals surface area contributed by atoms with E-state index in [-0.39, 0.29) is 22.8 Å². The monoisotopic (exact) mass is 430 g/mol. The summed E-state index contributed by atoms with van der Waals surface area (Å²) in [6, 6.07) is 13.1. The van der Waals surface area contributed by atoms with Gasteiger partial charge in [-0.1, -0.05) is 18.2 Å². The smallest absolute Gasteiger partial charge is 0.214 e. The Morgan fingerprint density at radius 3 is 2.63 bits per heavy atom. The van der Waals surface area contributed by atoms with E-state index in [1.807, 2.05) is 18.2 Å². The summed E-state index contributed by atoms with van der Waals surface area (Å²) in [5, 5.41) is 8.98. The summed E-state index contributed by atoms with van der Waals surface area (Å²) in [5.41, 5.74) is 1.71. The molecule has 1 saturated carbocycles. The van der Waals surface area contributed by atoms with Gasteiger partial charge >= 0.3 is 0 Å². The molecule has 2 aliphatic rings. The topological polar surface area (TPSA) is 88.4 Å². The third-order valence-electron chi connectivity index (χ3n) is 5.48. The molecule has 1 saturated heterocycles. The molecule has 0 spiro atoms. The quantitative estimate of drug-likeness (QED) is 0.729. The Hall–Kier alpha value is -2.47. The van der Waals surface area contributed by atoms with Crippen LogP contribution in [0.4, 0.5) is 4.39 Å². The fourth-order valence-electron chi connectivity index (χ4n) is 3.60. The molecule has 2 aromatic carbocycles. The van der Waals surface area contributed by atoms with Crippen molar-refractivity contribution in [3.05, 3.63) is 53.8 Å². The van der Waals surface area contributed by atoms with Gasteiger partial charge in [0.25, 0.3) is 0 Å². The summed E-state index contributed by atoms with van der Waals surface area (Å²) >= 11 is 0. The second kappa shape index (κ2) is 8.72. The summed E-state index contributed by atoms with van der Waals surface area (Å²) in [6.07, 6.45) is 2.09. The molecule has 2 fully saturated rings. The van der Waals surface area contributed by atoms with Gasteiger partial charge in [0.2, 0.25) is 10.0 Å². The standard InChI is InChI=1S/C22H23FN2O4S/c23-18-3-8-21(16(11-18)12-24)15-1-4-19(5-2-15)29-14-17-13-28-10-9-22(17)25-30(26,27)20-6-7-20/h1-5,8,11,17,20,22,25H,6-7,9-10,13-14H2. The van der Waals surface area contributed by atoms with Gasteiger partial charge in [0, 0.05) is 18.6 Å². The van der Waals surface area contributed by atoms with E-state index in [0.29, 0.717) is 37.6 Å². The Balaban J connectivity index is 1.40. The highest BCUT2D eigenvalue weighted by molar-refractivity contribution is 7.90. The Morgan fingerprint density at radius 1 is 1.17 bits per heavy atom. The molecular weight excluding hydrogens is 407 g/mol. The number of sulfonamides is 1. The largest absolute Gasteiger partial charge is 0.493 e. The summed E-state index contributed by atoms with van der Waals surface area (Å²) < 4.78 is 52.2. The molecule has 0 aromatic heterocycles. The van der Waals surface area contributed by atoms with E-state index in [1.165, 1.54) is 12.1 Å². The molecule has 1 aliphatic heterocycles. The van der Waals surface area contributed by atoms with E-state index in [9.17, 15) is 18.1 Å². The molecule has 1 N–H and O–H groups in total. The van der Waals surface area contributed by atoms with Crippen molar-refractivity contribution in [1.82, 2.24) is 4.72 Å². The number of hydrogen-bond donors (Lipinski definition) is 1. The first kappa shape index (κ1) is 20.8. The maximum Gasteiger partial charge on any atom is 0.214 e. The molecule has 8 heteroatoms. The Bertz CT molecular complexity index is 1050. The highest BCUT2D eigenvalue weighted by atomic mass is 32.2. The SMILES string of the molecule is N#Cc1cc(F)ccc1-c1ccc(OCC2COCCC2NS(=O)(=O)C2CC2)cc1. The van der Waals surface area contributed by atoms with Gasteiger partial charge < -0.3 is 9.47 Å². The van der Waals surface area contributed by atoms with Crippen LogP contribution in [0, 0.1) is 23.1 Å². The zero-order valence-corrected chi connectivity index (χ0v) is 17.2. The normalized spacial score (nSPS) is 21.7. The Kier molecular flexibility index (Phi) is 6.04. The molecular formula is C22H23FN2O4S. The lowest BCUT2D eigenvalue weighted by Crippen LogP contribution is -2.48.